The molecule has 1 unspecified atom stereocenters. The number of nitrogens with two attached hydrogens (primary N) is 1. The van der Waals surface area contributed by atoms with Gasteiger partial charge in [0.25, 0.3) is 10.0 Å². The van der Waals surface area contributed by atoms with Gasteiger partial charge in [0.1, 0.15) is 5.76 Å². The Morgan fingerprint density at radius 2 is 2.16 bits per heavy atom. The molecule has 1 saturated heterocycles. The number of furan rings is 1. The van der Waals surface area contributed by atoms with Crippen molar-refractivity contribution in [1.82, 2.24) is 4.72 Å². The van der Waals surface area contributed by atoms with E-state index in [4.69, 9.17) is 10.2 Å². The zero-order valence-electron chi connectivity index (χ0n) is 10.2. The van der Waals surface area contributed by atoms with Gasteiger partial charge in [0.2, 0.25) is 5.09 Å². The minimum absolute atomic E-state index is 0.0295. The van der Waals surface area contributed by atoms with Gasteiger partial charge in [0, 0.05) is 6.54 Å². The third-order valence-electron chi connectivity index (χ3n) is 2.99. The van der Waals surface area contributed by atoms with E-state index in [0.29, 0.717) is 12.2 Å². The molecule has 0 spiro atoms. The molecule has 0 radical (unpaired) electrons. The number of nitrogens with one attached hydrogen (secondary N) is 1. The van der Waals surface area contributed by atoms with Gasteiger partial charge in [0.05, 0.1) is 18.1 Å². The Balaban J connectivity index is 1.98. The first-order valence-electron chi connectivity index (χ1n) is 5.81. The first-order valence-corrected chi connectivity index (χ1v) is 9.12. The molecule has 2 rings (SSSR count). The van der Waals surface area contributed by atoms with E-state index in [-0.39, 0.29) is 35.6 Å². The van der Waals surface area contributed by atoms with Crippen LogP contribution in [0.5, 0.6) is 0 Å². The molecule has 2 heterocycles. The number of sulfone groups is 1. The summed E-state index contributed by atoms with van der Waals surface area (Å²) in [6, 6.07) is 2.82. The van der Waals surface area contributed by atoms with Crippen LogP contribution >= 0.6 is 0 Å². The summed E-state index contributed by atoms with van der Waals surface area (Å²) in [5, 5.41) is -0.200. The minimum atomic E-state index is -3.74. The van der Waals surface area contributed by atoms with Crippen molar-refractivity contribution in [2.24, 2.45) is 11.7 Å². The summed E-state index contributed by atoms with van der Waals surface area (Å²) in [6.45, 7) is 0.219. The van der Waals surface area contributed by atoms with Crippen LogP contribution in [0.1, 0.15) is 12.2 Å². The second kappa shape index (κ2) is 5.23. The van der Waals surface area contributed by atoms with E-state index in [2.05, 4.69) is 4.72 Å². The lowest BCUT2D eigenvalue weighted by molar-refractivity contribution is 0.411. The Kier molecular flexibility index (Phi) is 4.00. The van der Waals surface area contributed by atoms with Crippen molar-refractivity contribution in [1.29, 1.82) is 0 Å². The van der Waals surface area contributed by atoms with Gasteiger partial charge in [-0.3, -0.25) is 0 Å². The highest BCUT2D eigenvalue weighted by atomic mass is 32.2. The fourth-order valence-corrected chi connectivity index (χ4v) is 4.87. The summed E-state index contributed by atoms with van der Waals surface area (Å²) >= 11 is 0. The average molecular weight is 308 g/mol. The highest BCUT2D eigenvalue weighted by Gasteiger charge is 2.29. The van der Waals surface area contributed by atoms with Crippen LogP contribution in [-0.4, -0.2) is 34.9 Å². The predicted molar refractivity (Wildman–Crippen MR) is 68.5 cm³/mol. The number of hydrogen-bond donors (Lipinski definition) is 2. The molecule has 7 nitrogen and oxygen atoms in total. The second-order valence-corrected chi connectivity index (χ2v) is 8.47. The van der Waals surface area contributed by atoms with Gasteiger partial charge in [-0.05, 0) is 24.5 Å². The van der Waals surface area contributed by atoms with Crippen molar-refractivity contribution >= 4 is 19.9 Å². The molecule has 0 aromatic carbocycles. The van der Waals surface area contributed by atoms with E-state index >= 15 is 0 Å². The zero-order chi connectivity index (χ0) is 14.1. The van der Waals surface area contributed by atoms with Gasteiger partial charge in [-0.15, -0.1) is 0 Å². The highest BCUT2D eigenvalue weighted by Crippen LogP contribution is 2.19. The van der Waals surface area contributed by atoms with Gasteiger partial charge < -0.3 is 10.2 Å². The van der Waals surface area contributed by atoms with Crippen LogP contribution in [0.4, 0.5) is 0 Å². The highest BCUT2D eigenvalue weighted by molar-refractivity contribution is 7.91. The summed E-state index contributed by atoms with van der Waals surface area (Å²) in [7, 11) is -6.74. The van der Waals surface area contributed by atoms with E-state index in [9.17, 15) is 16.8 Å². The predicted octanol–water partition coefficient (Wildman–Crippen LogP) is -0.549. The maximum Gasteiger partial charge on any atom is 0.273 e. The van der Waals surface area contributed by atoms with Gasteiger partial charge in [-0.25, -0.2) is 21.6 Å². The molecule has 1 aliphatic heterocycles. The van der Waals surface area contributed by atoms with Crippen molar-refractivity contribution < 1.29 is 21.3 Å². The van der Waals surface area contributed by atoms with Crippen LogP contribution in [0, 0.1) is 5.92 Å². The zero-order valence-corrected chi connectivity index (χ0v) is 11.8. The molecule has 1 atom stereocenters. The molecule has 108 valence electrons. The minimum Gasteiger partial charge on any atom is -0.447 e. The molecule has 1 aromatic heterocycles. The van der Waals surface area contributed by atoms with E-state index in [0.717, 1.165) is 0 Å². The quantitative estimate of drug-likeness (QED) is 0.753. The lowest BCUT2D eigenvalue weighted by atomic mass is 10.1. The van der Waals surface area contributed by atoms with Crippen LogP contribution in [0.25, 0.3) is 0 Å². The summed E-state index contributed by atoms with van der Waals surface area (Å²) in [6.07, 6.45) is 0.483. The first kappa shape index (κ1) is 14.5. The van der Waals surface area contributed by atoms with E-state index in [1.54, 1.807) is 0 Å². The number of hydrogen-bond acceptors (Lipinski definition) is 6. The van der Waals surface area contributed by atoms with Crippen molar-refractivity contribution in [3.05, 3.63) is 17.9 Å². The van der Waals surface area contributed by atoms with Crippen molar-refractivity contribution in [3.63, 3.8) is 0 Å². The van der Waals surface area contributed by atoms with Crippen molar-refractivity contribution in [2.75, 3.05) is 18.1 Å². The van der Waals surface area contributed by atoms with Gasteiger partial charge in [-0.1, -0.05) is 0 Å². The van der Waals surface area contributed by atoms with Crippen LogP contribution in [-0.2, 0) is 26.4 Å². The monoisotopic (exact) mass is 308 g/mol. The smallest absolute Gasteiger partial charge is 0.273 e. The van der Waals surface area contributed by atoms with Crippen LogP contribution in [0.3, 0.4) is 0 Å². The normalized spacial score (nSPS) is 22.7. The largest absolute Gasteiger partial charge is 0.447 e. The topological polar surface area (TPSA) is 119 Å². The molecule has 0 amide bonds. The van der Waals surface area contributed by atoms with E-state index < -0.39 is 19.9 Å². The molecular formula is C10H16N2O5S2. The van der Waals surface area contributed by atoms with Crippen LogP contribution in [0.2, 0.25) is 0 Å². The molecule has 19 heavy (non-hydrogen) atoms. The molecule has 0 bridgehead atoms. The fourth-order valence-electron chi connectivity index (χ4n) is 1.94. The maximum atomic E-state index is 11.9. The molecular weight excluding hydrogens is 292 g/mol. The lowest BCUT2D eigenvalue weighted by Gasteiger charge is -2.08. The molecule has 1 fully saturated rings. The summed E-state index contributed by atoms with van der Waals surface area (Å²) < 4.78 is 53.7. The Morgan fingerprint density at radius 3 is 2.68 bits per heavy atom. The third kappa shape index (κ3) is 3.56. The molecule has 1 aliphatic rings. The Morgan fingerprint density at radius 1 is 1.42 bits per heavy atom. The average Bonchev–Trinajstić information content (AvgIpc) is 2.93. The Hall–Kier alpha value is -0.900. The Labute approximate surface area is 112 Å². The van der Waals surface area contributed by atoms with E-state index in [1.165, 1.54) is 12.1 Å². The van der Waals surface area contributed by atoms with Gasteiger partial charge in [0.15, 0.2) is 9.84 Å². The molecule has 0 saturated carbocycles. The van der Waals surface area contributed by atoms with Crippen molar-refractivity contribution in [2.45, 2.75) is 18.1 Å². The van der Waals surface area contributed by atoms with Gasteiger partial charge in [-0.2, -0.15) is 0 Å². The van der Waals surface area contributed by atoms with E-state index in [1.807, 2.05) is 0 Å². The number of sulfonamides is 1. The standard InChI is InChI=1S/C10H16N2O5S2/c11-5-9-1-2-10(17-9)19(15,16)12-6-8-3-4-18(13,14)7-8/h1-2,8,12H,3-7,11H2. The molecule has 3 N–H and O–H groups in total. The molecule has 9 heteroatoms. The SMILES string of the molecule is NCc1ccc(S(=O)(=O)NCC2CCS(=O)(=O)C2)o1. The lowest BCUT2D eigenvalue weighted by Crippen LogP contribution is -2.29. The second-order valence-electron chi connectivity index (χ2n) is 4.55. The first-order chi connectivity index (χ1) is 8.82. The summed E-state index contributed by atoms with van der Waals surface area (Å²) in [5.41, 5.74) is 5.33. The van der Waals surface area contributed by atoms with Crippen molar-refractivity contribution in [3.8, 4) is 0 Å². The van der Waals surface area contributed by atoms with Gasteiger partial charge >= 0.3 is 0 Å². The number of rotatable bonds is 5. The van der Waals surface area contributed by atoms with Crippen LogP contribution in [0.15, 0.2) is 21.6 Å². The molecule has 1 aromatic rings. The molecule has 0 aliphatic carbocycles. The third-order valence-corrected chi connectivity index (χ3v) is 6.12. The maximum absolute atomic E-state index is 11.9. The van der Waals surface area contributed by atoms with Crippen LogP contribution < -0.4 is 10.5 Å². The summed E-state index contributed by atoms with van der Waals surface area (Å²) in [5.74, 6) is 0.353. The Bertz CT molecular complexity index is 647. The summed E-state index contributed by atoms with van der Waals surface area (Å²) in [4.78, 5) is 0. The fraction of sp³-hybridized carbons (Fsp3) is 0.600.